The number of carbonyl (C=O) groups excluding carboxylic acids is 1. The summed E-state index contributed by atoms with van der Waals surface area (Å²) in [5.41, 5.74) is -0.365. The predicted molar refractivity (Wildman–Crippen MR) is 55.7 cm³/mol. The molecule has 1 amide bonds. The fraction of sp³-hybridized carbons (Fsp3) is 0. The molecular formula is C10H7F2N3O2. The number of hydrogen-bond donors (Lipinski definition) is 3. The third kappa shape index (κ3) is 2.39. The number of nitrogens with one attached hydrogen (secondary N) is 3. The molecule has 1 heterocycles. The maximum atomic E-state index is 12.8. The summed E-state index contributed by atoms with van der Waals surface area (Å²) < 4.78 is 25.5. The number of aromatic amines is 2. The Morgan fingerprint density at radius 1 is 1.12 bits per heavy atom. The zero-order chi connectivity index (χ0) is 12.4. The number of H-pyrrole nitrogens is 2. The molecule has 88 valence electrons. The molecule has 0 aliphatic heterocycles. The van der Waals surface area contributed by atoms with Crippen molar-refractivity contribution in [2.24, 2.45) is 0 Å². The van der Waals surface area contributed by atoms with Crippen molar-refractivity contribution in [1.29, 1.82) is 0 Å². The smallest absolute Gasteiger partial charge is 0.273 e. The molecule has 0 saturated heterocycles. The highest BCUT2D eigenvalue weighted by Crippen LogP contribution is 2.13. The van der Waals surface area contributed by atoms with Gasteiger partial charge >= 0.3 is 0 Å². The van der Waals surface area contributed by atoms with Gasteiger partial charge in [-0.2, -0.15) is 0 Å². The van der Waals surface area contributed by atoms with Crippen LogP contribution >= 0.6 is 0 Å². The van der Waals surface area contributed by atoms with E-state index in [1.165, 1.54) is 6.07 Å². The van der Waals surface area contributed by atoms with Gasteiger partial charge in [0.05, 0.1) is 0 Å². The van der Waals surface area contributed by atoms with Crippen LogP contribution in [0, 0.1) is 11.6 Å². The Morgan fingerprint density at radius 2 is 1.88 bits per heavy atom. The van der Waals surface area contributed by atoms with E-state index >= 15 is 0 Å². The van der Waals surface area contributed by atoms with Crippen LogP contribution in [-0.4, -0.2) is 16.1 Å². The number of benzene rings is 1. The van der Waals surface area contributed by atoms with Crippen molar-refractivity contribution in [2.45, 2.75) is 0 Å². The van der Waals surface area contributed by atoms with Crippen LogP contribution in [0.3, 0.4) is 0 Å². The standard InChI is InChI=1S/C10H7F2N3O2/c11-6-2-1-5(3-7(6)12)13-10(17)8-4-9(16)15-14-8/h1-4H,(H,13,17)(H2,14,15,16). The van der Waals surface area contributed by atoms with E-state index in [4.69, 9.17) is 0 Å². The minimum absolute atomic E-state index is 0.000247. The lowest BCUT2D eigenvalue weighted by Crippen LogP contribution is -2.12. The van der Waals surface area contributed by atoms with Crippen LogP contribution in [-0.2, 0) is 0 Å². The topological polar surface area (TPSA) is 77.8 Å². The molecule has 0 spiro atoms. The fourth-order valence-electron chi connectivity index (χ4n) is 1.23. The summed E-state index contributed by atoms with van der Waals surface area (Å²) in [5.74, 6) is -2.70. The van der Waals surface area contributed by atoms with Crippen molar-refractivity contribution >= 4 is 11.6 Å². The number of anilines is 1. The van der Waals surface area contributed by atoms with Crippen molar-refractivity contribution in [1.82, 2.24) is 10.2 Å². The molecular weight excluding hydrogens is 232 g/mol. The third-order valence-electron chi connectivity index (χ3n) is 2.02. The van der Waals surface area contributed by atoms with Crippen LogP contribution in [0.5, 0.6) is 0 Å². The van der Waals surface area contributed by atoms with Gasteiger partial charge in [0.2, 0.25) is 0 Å². The van der Waals surface area contributed by atoms with Crippen LogP contribution in [0.25, 0.3) is 0 Å². The van der Waals surface area contributed by atoms with Gasteiger partial charge in [-0.05, 0) is 12.1 Å². The summed E-state index contributed by atoms with van der Waals surface area (Å²) in [4.78, 5) is 22.3. The van der Waals surface area contributed by atoms with Gasteiger partial charge in [0, 0.05) is 17.8 Å². The number of hydrogen-bond acceptors (Lipinski definition) is 2. The summed E-state index contributed by atoms with van der Waals surface area (Å²) in [5, 5.41) is 6.82. The second-order valence-electron chi connectivity index (χ2n) is 3.26. The Hall–Kier alpha value is -2.44. The maximum Gasteiger partial charge on any atom is 0.273 e. The molecule has 0 radical (unpaired) electrons. The molecule has 0 aliphatic rings. The maximum absolute atomic E-state index is 12.8. The Kier molecular flexibility index (Phi) is 2.73. The fourth-order valence-corrected chi connectivity index (χ4v) is 1.23. The van der Waals surface area contributed by atoms with Gasteiger partial charge in [-0.15, -0.1) is 0 Å². The van der Waals surface area contributed by atoms with E-state index in [-0.39, 0.29) is 11.4 Å². The van der Waals surface area contributed by atoms with E-state index in [2.05, 4.69) is 15.5 Å². The lowest BCUT2D eigenvalue weighted by atomic mass is 10.3. The SMILES string of the molecule is O=C(Nc1ccc(F)c(F)c1)c1cc(=O)[nH][nH]1. The van der Waals surface area contributed by atoms with Crippen LogP contribution in [0.15, 0.2) is 29.1 Å². The predicted octanol–water partition coefficient (Wildman–Crippen LogP) is 1.23. The first kappa shape index (κ1) is 11.1. The van der Waals surface area contributed by atoms with E-state index in [1.54, 1.807) is 0 Å². The Balaban J connectivity index is 2.18. The Morgan fingerprint density at radius 3 is 2.47 bits per heavy atom. The normalized spacial score (nSPS) is 10.2. The van der Waals surface area contributed by atoms with Crippen LogP contribution < -0.4 is 10.9 Å². The molecule has 0 bridgehead atoms. The molecule has 2 rings (SSSR count). The van der Waals surface area contributed by atoms with Crippen molar-refractivity contribution < 1.29 is 13.6 Å². The molecule has 17 heavy (non-hydrogen) atoms. The summed E-state index contributed by atoms with van der Waals surface area (Å²) >= 11 is 0. The first-order valence-electron chi connectivity index (χ1n) is 4.60. The van der Waals surface area contributed by atoms with E-state index in [0.717, 1.165) is 18.2 Å². The Labute approximate surface area is 93.5 Å². The van der Waals surface area contributed by atoms with Crippen molar-refractivity contribution in [3.63, 3.8) is 0 Å². The lowest BCUT2D eigenvalue weighted by Gasteiger charge is -2.03. The highest BCUT2D eigenvalue weighted by molar-refractivity contribution is 6.02. The second-order valence-corrected chi connectivity index (χ2v) is 3.26. The Bertz CT molecular complexity index is 618. The average Bonchev–Trinajstić information content (AvgIpc) is 2.70. The largest absolute Gasteiger partial charge is 0.321 e. The number of carbonyl (C=O) groups is 1. The minimum Gasteiger partial charge on any atom is -0.321 e. The second kappa shape index (κ2) is 4.20. The quantitative estimate of drug-likeness (QED) is 0.737. The third-order valence-corrected chi connectivity index (χ3v) is 2.02. The van der Waals surface area contributed by atoms with Crippen molar-refractivity contribution in [3.05, 3.63) is 51.9 Å². The van der Waals surface area contributed by atoms with Crippen molar-refractivity contribution in [3.8, 4) is 0 Å². The molecule has 0 fully saturated rings. The van der Waals surface area contributed by atoms with Gasteiger partial charge in [-0.3, -0.25) is 19.8 Å². The first-order chi connectivity index (χ1) is 8.06. The molecule has 2 aromatic rings. The molecule has 0 aliphatic carbocycles. The highest BCUT2D eigenvalue weighted by atomic mass is 19.2. The van der Waals surface area contributed by atoms with Crippen molar-refractivity contribution in [2.75, 3.05) is 5.32 Å². The number of rotatable bonds is 2. The van der Waals surface area contributed by atoms with Crippen LogP contribution in [0.4, 0.5) is 14.5 Å². The van der Waals surface area contributed by atoms with E-state index in [0.29, 0.717) is 0 Å². The molecule has 0 saturated carbocycles. The summed E-state index contributed by atoms with van der Waals surface area (Å²) in [6, 6.07) is 4.00. The van der Waals surface area contributed by atoms with E-state index < -0.39 is 23.1 Å². The molecule has 0 atom stereocenters. The lowest BCUT2D eigenvalue weighted by molar-refractivity contribution is 0.102. The monoisotopic (exact) mass is 239 g/mol. The number of aromatic nitrogens is 2. The molecule has 0 unspecified atom stereocenters. The summed E-state index contributed by atoms with van der Waals surface area (Å²) in [6.07, 6.45) is 0. The zero-order valence-electron chi connectivity index (χ0n) is 8.38. The highest BCUT2D eigenvalue weighted by Gasteiger charge is 2.09. The summed E-state index contributed by atoms with van der Waals surface area (Å²) in [7, 11) is 0. The van der Waals surface area contributed by atoms with E-state index in [9.17, 15) is 18.4 Å². The zero-order valence-corrected chi connectivity index (χ0v) is 8.38. The molecule has 5 nitrogen and oxygen atoms in total. The summed E-state index contributed by atoms with van der Waals surface area (Å²) in [6.45, 7) is 0. The van der Waals surface area contributed by atoms with Gasteiger partial charge in [-0.1, -0.05) is 0 Å². The minimum atomic E-state index is -1.06. The molecule has 1 aromatic heterocycles. The molecule has 1 aromatic carbocycles. The number of amides is 1. The van der Waals surface area contributed by atoms with Gasteiger partial charge in [0.25, 0.3) is 11.5 Å². The number of halogens is 2. The molecule has 7 heteroatoms. The van der Waals surface area contributed by atoms with Gasteiger partial charge < -0.3 is 5.32 Å². The van der Waals surface area contributed by atoms with Crippen LogP contribution in [0.2, 0.25) is 0 Å². The van der Waals surface area contributed by atoms with Gasteiger partial charge in [0.1, 0.15) is 5.69 Å². The van der Waals surface area contributed by atoms with Gasteiger partial charge in [0.15, 0.2) is 11.6 Å². The van der Waals surface area contributed by atoms with E-state index in [1.807, 2.05) is 0 Å². The van der Waals surface area contributed by atoms with Gasteiger partial charge in [-0.25, -0.2) is 8.78 Å². The molecule has 3 N–H and O–H groups in total. The van der Waals surface area contributed by atoms with Crippen LogP contribution in [0.1, 0.15) is 10.5 Å². The average molecular weight is 239 g/mol. The first-order valence-corrected chi connectivity index (χ1v) is 4.60.